The third-order valence-electron chi connectivity index (χ3n) is 9.08. The second-order valence-corrected chi connectivity index (χ2v) is 13.4. The van der Waals surface area contributed by atoms with Crippen LogP contribution < -0.4 is 0 Å². The van der Waals surface area contributed by atoms with E-state index in [1.54, 1.807) is 0 Å². The van der Waals surface area contributed by atoms with Crippen molar-refractivity contribution >= 4 is 5.97 Å². The molecule has 1 aromatic carbocycles. The predicted molar refractivity (Wildman–Crippen MR) is 181 cm³/mol. The Kier molecular flexibility index (Phi) is 24.2. The van der Waals surface area contributed by atoms with Crippen LogP contribution in [0.5, 0.6) is 0 Å². The van der Waals surface area contributed by atoms with E-state index in [9.17, 15) is 4.79 Å². The minimum atomic E-state index is -0.148. The van der Waals surface area contributed by atoms with Crippen molar-refractivity contribution in [2.24, 2.45) is 5.41 Å². The normalized spacial score (nSPS) is 12.9. The van der Waals surface area contributed by atoms with Gasteiger partial charge in [0.25, 0.3) is 0 Å². The molecule has 1 atom stereocenters. The first-order chi connectivity index (χ1) is 20.0. The Bertz CT molecular complexity index is 709. The lowest BCUT2D eigenvalue weighted by Crippen LogP contribution is -2.25. The average Bonchev–Trinajstić information content (AvgIpc) is 2.98. The lowest BCUT2D eigenvalue weighted by atomic mass is 9.80. The van der Waals surface area contributed by atoms with Gasteiger partial charge in [0.1, 0.15) is 0 Å². The largest absolute Gasteiger partial charge is 0.462 e. The molecule has 0 fully saturated rings. The Labute approximate surface area is 257 Å². The highest BCUT2D eigenvalue weighted by molar-refractivity contribution is 5.89. The molecule has 0 aliphatic carbocycles. The molecule has 0 saturated carbocycles. The maximum atomic E-state index is 13.0. The van der Waals surface area contributed by atoms with Gasteiger partial charge in [-0.3, -0.25) is 0 Å². The fourth-order valence-electron chi connectivity index (χ4n) is 6.06. The fourth-order valence-corrected chi connectivity index (χ4v) is 6.06. The minimum absolute atomic E-state index is 0.0937. The molecular formula is C39H70O2. The highest BCUT2D eigenvalue weighted by Gasteiger charge is 2.26. The van der Waals surface area contributed by atoms with Gasteiger partial charge in [-0.2, -0.15) is 0 Å². The lowest BCUT2D eigenvalue weighted by Gasteiger charge is -2.29. The van der Waals surface area contributed by atoms with Gasteiger partial charge >= 0.3 is 5.97 Å². The molecule has 1 aromatic rings. The fraction of sp³-hybridized carbons (Fsp3) is 0.821. The van der Waals surface area contributed by atoms with Gasteiger partial charge in [-0.05, 0) is 43.4 Å². The first-order valence-corrected chi connectivity index (χ1v) is 18.3. The summed E-state index contributed by atoms with van der Waals surface area (Å²) in [5.41, 5.74) is 2.13. The van der Waals surface area contributed by atoms with Crippen molar-refractivity contribution < 1.29 is 9.53 Å². The predicted octanol–water partition coefficient (Wildman–Crippen LogP) is 13.2. The zero-order valence-corrected chi connectivity index (χ0v) is 28.2. The van der Waals surface area contributed by atoms with Crippen molar-refractivity contribution in [3.05, 3.63) is 35.4 Å². The summed E-state index contributed by atoms with van der Waals surface area (Å²) in [5.74, 6) is -0.148. The molecule has 0 radical (unpaired) electrons. The summed E-state index contributed by atoms with van der Waals surface area (Å²) in [4.78, 5) is 13.0. The third kappa shape index (κ3) is 21.1. The number of benzene rings is 1. The first-order valence-electron chi connectivity index (χ1n) is 18.3. The van der Waals surface area contributed by atoms with Crippen LogP contribution in [0.2, 0.25) is 0 Å². The first kappa shape index (κ1) is 37.7. The zero-order valence-electron chi connectivity index (χ0n) is 28.2. The molecule has 2 heteroatoms. The summed E-state index contributed by atoms with van der Waals surface area (Å²) >= 11 is 0. The minimum Gasteiger partial charge on any atom is -0.462 e. The van der Waals surface area contributed by atoms with E-state index in [0.717, 1.165) is 6.42 Å². The summed E-state index contributed by atoms with van der Waals surface area (Å²) in [6, 6.07) is 8.20. The van der Waals surface area contributed by atoms with E-state index in [2.05, 4.69) is 39.8 Å². The zero-order chi connectivity index (χ0) is 29.9. The maximum Gasteiger partial charge on any atom is 0.338 e. The molecular weight excluding hydrogens is 500 g/mol. The SMILES string of the molecule is CCCCCCCCCCCCC(C)(CCCCCCCCCC)COC(=O)c1ccc(CCCCCCC)cc1. The molecule has 0 N–H and O–H groups in total. The van der Waals surface area contributed by atoms with E-state index >= 15 is 0 Å². The van der Waals surface area contributed by atoms with Crippen molar-refractivity contribution in [3.8, 4) is 0 Å². The number of unbranched alkanes of at least 4 members (excludes halogenated alkanes) is 20. The topological polar surface area (TPSA) is 26.3 Å². The van der Waals surface area contributed by atoms with Crippen LogP contribution in [0.1, 0.15) is 204 Å². The standard InChI is InChI=1S/C39H70O2/c1-5-8-11-14-16-18-19-21-24-27-34-39(4,33-26-23-20-17-15-12-9-6-2)35-41-38(40)37-31-29-36(30-32-37)28-25-22-13-10-7-3/h29-32H,5-28,33-35H2,1-4H3. The molecule has 1 rings (SSSR count). The van der Waals surface area contributed by atoms with Crippen LogP contribution in [0, 0.1) is 5.41 Å². The number of carbonyl (C=O) groups is 1. The quantitative estimate of drug-likeness (QED) is 0.0707. The Balaban J connectivity index is 2.46. The highest BCUT2D eigenvalue weighted by Crippen LogP contribution is 2.32. The monoisotopic (exact) mass is 571 g/mol. The molecule has 1 unspecified atom stereocenters. The van der Waals surface area contributed by atoms with E-state index in [1.807, 2.05) is 12.1 Å². The Morgan fingerprint density at radius 2 is 0.902 bits per heavy atom. The molecule has 0 aliphatic rings. The van der Waals surface area contributed by atoms with Crippen molar-refractivity contribution in [2.45, 2.75) is 195 Å². The smallest absolute Gasteiger partial charge is 0.338 e. The van der Waals surface area contributed by atoms with E-state index in [1.165, 1.54) is 166 Å². The van der Waals surface area contributed by atoms with Crippen molar-refractivity contribution in [2.75, 3.05) is 6.61 Å². The van der Waals surface area contributed by atoms with Gasteiger partial charge in [0.2, 0.25) is 0 Å². The second-order valence-electron chi connectivity index (χ2n) is 13.4. The number of esters is 1. The molecule has 0 bridgehead atoms. The van der Waals surface area contributed by atoms with Gasteiger partial charge in [-0.1, -0.05) is 181 Å². The van der Waals surface area contributed by atoms with Gasteiger partial charge in [0.15, 0.2) is 0 Å². The van der Waals surface area contributed by atoms with Crippen molar-refractivity contribution in [1.82, 2.24) is 0 Å². The number of hydrogen-bond donors (Lipinski definition) is 0. The van der Waals surface area contributed by atoms with Crippen LogP contribution in [0.15, 0.2) is 24.3 Å². The molecule has 0 aliphatic heterocycles. The van der Waals surface area contributed by atoms with Gasteiger partial charge in [0, 0.05) is 5.41 Å². The second kappa shape index (κ2) is 26.3. The Morgan fingerprint density at radius 1 is 0.537 bits per heavy atom. The van der Waals surface area contributed by atoms with Gasteiger partial charge in [-0.25, -0.2) is 4.79 Å². The molecule has 0 amide bonds. The van der Waals surface area contributed by atoms with Crippen LogP contribution >= 0.6 is 0 Å². The Morgan fingerprint density at radius 3 is 1.32 bits per heavy atom. The van der Waals surface area contributed by atoms with Gasteiger partial charge in [0.05, 0.1) is 12.2 Å². The summed E-state index contributed by atoms with van der Waals surface area (Å²) in [7, 11) is 0. The van der Waals surface area contributed by atoms with E-state index in [-0.39, 0.29) is 11.4 Å². The van der Waals surface area contributed by atoms with E-state index in [0.29, 0.717) is 12.2 Å². The summed E-state index contributed by atoms with van der Waals surface area (Å²) in [6.45, 7) is 9.76. The number of hydrogen-bond acceptors (Lipinski definition) is 2. The molecule has 0 spiro atoms. The summed E-state index contributed by atoms with van der Waals surface area (Å²) in [6.07, 6.45) is 34.4. The molecule has 0 saturated heterocycles. The van der Waals surface area contributed by atoms with Gasteiger partial charge < -0.3 is 4.74 Å². The molecule has 2 nitrogen and oxygen atoms in total. The molecule has 238 valence electrons. The lowest BCUT2D eigenvalue weighted by molar-refractivity contribution is 0.0264. The van der Waals surface area contributed by atoms with Crippen LogP contribution in [0.4, 0.5) is 0 Å². The summed E-state index contributed by atoms with van der Waals surface area (Å²) in [5, 5.41) is 0. The van der Waals surface area contributed by atoms with Crippen molar-refractivity contribution in [1.29, 1.82) is 0 Å². The van der Waals surface area contributed by atoms with Crippen LogP contribution in [0.25, 0.3) is 0 Å². The van der Waals surface area contributed by atoms with Crippen molar-refractivity contribution in [3.63, 3.8) is 0 Å². The van der Waals surface area contributed by atoms with Crippen LogP contribution in [0.3, 0.4) is 0 Å². The third-order valence-corrected chi connectivity index (χ3v) is 9.08. The number of rotatable bonds is 29. The van der Waals surface area contributed by atoms with Crippen LogP contribution in [-0.2, 0) is 11.2 Å². The van der Waals surface area contributed by atoms with Gasteiger partial charge in [-0.15, -0.1) is 0 Å². The maximum absolute atomic E-state index is 13.0. The number of ether oxygens (including phenoxy) is 1. The average molecular weight is 571 g/mol. The van der Waals surface area contributed by atoms with Crippen LogP contribution in [-0.4, -0.2) is 12.6 Å². The number of carbonyl (C=O) groups excluding carboxylic acids is 1. The molecule has 41 heavy (non-hydrogen) atoms. The molecule has 0 aromatic heterocycles. The molecule has 0 heterocycles. The number of aryl methyl sites for hydroxylation is 1. The summed E-state index contributed by atoms with van der Waals surface area (Å²) < 4.78 is 5.98. The van der Waals surface area contributed by atoms with E-state index < -0.39 is 0 Å². The highest BCUT2D eigenvalue weighted by atomic mass is 16.5. The van der Waals surface area contributed by atoms with E-state index in [4.69, 9.17) is 4.74 Å². The Hall–Kier alpha value is -1.31.